The fraction of sp³-hybridized carbons (Fsp3) is 0.520. The molecular weight excluding hydrogens is 436 g/mol. The molecule has 2 saturated carbocycles. The van der Waals surface area contributed by atoms with Gasteiger partial charge < -0.3 is 10.1 Å². The Morgan fingerprint density at radius 3 is 2.61 bits per heavy atom. The van der Waals surface area contributed by atoms with Gasteiger partial charge in [-0.1, -0.05) is 55.9 Å². The molecule has 0 bridgehead atoms. The Bertz CT molecular complexity index is 1180. The molecule has 2 aliphatic carbocycles. The van der Waals surface area contributed by atoms with Crippen LogP contribution in [-0.2, 0) is 11.4 Å². The first-order chi connectivity index (χ1) is 16.2. The second kappa shape index (κ2) is 10.0. The van der Waals surface area contributed by atoms with Gasteiger partial charge in [0.05, 0.1) is 5.69 Å². The van der Waals surface area contributed by atoms with Crippen LogP contribution in [0.4, 0.5) is 5.69 Å². The van der Waals surface area contributed by atoms with Gasteiger partial charge in [0.15, 0.2) is 0 Å². The molecule has 174 valence electrons. The van der Waals surface area contributed by atoms with Crippen LogP contribution in [0.1, 0.15) is 80.8 Å². The summed E-state index contributed by atoms with van der Waals surface area (Å²) in [5.74, 6) is 1.26. The maximum atomic E-state index is 12.6. The van der Waals surface area contributed by atoms with Gasteiger partial charge in [0.2, 0.25) is 10.9 Å². The number of fused-ring (bicyclic) bond motifs is 1. The Labute approximate surface area is 197 Å². The van der Waals surface area contributed by atoms with Gasteiger partial charge in [-0.3, -0.25) is 9.59 Å². The van der Waals surface area contributed by atoms with Gasteiger partial charge in [0.25, 0.3) is 5.56 Å². The number of rotatable bonds is 6. The van der Waals surface area contributed by atoms with Crippen LogP contribution in [0, 0.1) is 5.92 Å². The molecule has 1 aromatic carbocycles. The lowest BCUT2D eigenvalue weighted by atomic mass is 9.88. The van der Waals surface area contributed by atoms with E-state index in [1.165, 1.54) is 47.6 Å². The number of hydrogen-bond donors (Lipinski definition) is 1. The standard InChI is InChI=1S/C25H30N4O3S/c30-22-15-20(27-25-29(22)28-24(33-25)18-10-5-2-6-11-18)16-32-21-13-7-12-19(14-21)26-23(31)17-8-3-1-4-9-17/h7,12-15,17-18H,1-6,8-11,16H2,(H,26,31). The zero-order valence-corrected chi connectivity index (χ0v) is 19.6. The smallest absolute Gasteiger partial charge is 0.275 e. The number of carbonyl (C=O) groups excluding carboxylic acids is 1. The third kappa shape index (κ3) is 5.27. The molecule has 7 nitrogen and oxygen atoms in total. The van der Waals surface area contributed by atoms with E-state index < -0.39 is 0 Å². The van der Waals surface area contributed by atoms with Crippen molar-refractivity contribution < 1.29 is 9.53 Å². The van der Waals surface area contributed by atoms with Gasteiger partial charge in [0, 0.05) is 29.7 Å². The summed E-state index contributed by atoms with van der Waals surface area (Å²) in [6.45, 7) is 0.183. The Kier molecular flexibility index (Phi) is 6.71. The molecule has 3 aromatic rings. The van der Waals surface area contributed by atoms with E-state index >= 15 is 0 Å². The van der Waals surface area contributed by atoms with Crippen LogP contribution in [0.3, 0.4) is 0 Å². The van der Waals surface area contributed by atoms with Crippen LogP contribution in [0.5, 0.6) is 5.75 Å². The molecule has 0 unspecified atom stereocenters. The van der Waals surface area contributed by atoms with E-state index in [0.29, 0.717) is 22.3 Å². The predicted octanol–water partition coefficient (Wildman–Crippen LogP) is 5.30. The van der Waals surface area contributed by atoms with Crippen LogP contribution in [0.25, 0.3) is 4.96 Å². The van der Waals surface area contributed by atoms with Crippen molar-refractivity contribution in [3.05, 3.63) is 51.4 Å². The van der Waals surface area contributed by atoms with Crippen LogP contribution in [0.15, 0.2) is 35.1 Å². The fourth-order valence-electron chi connectivity index (χ4n) is 4.89. The number of amides is 1. The van der Waals surface area contributed by atoms with E-state index in [1.807, 2.05) is 24.3 Å². The summed E-state index contributed by atoms with van der Waals surface area (Å²) in [5.41, 5.74) is 1.13. The molecule has 0 aliphatic heterocycles. The summed E-state index contributed by atoms with van der Waals surface area (Å²) >= 11 is 1.51. The van der Waals surface area contributed by atoms with E-state index in [9.17, 15) is 9.59 Å². The third-order valence-electron chi connectivity index (χ3n) is 6.73. The zero-order chi connectivity index (χ0) is 22.6. The Hall–Kier alpha value is -2.74. The molecule has 5 rings (SSSR count). The zero-order valence-electron chi connectivity index (χ0n) is 18.8. The molecule has 8 heteroatoms. The first-order valence-electron chi connectivity index (χ1n) is 12.1. The molecule has 1 amide bonds. The molecule has 2 heterocycles. The first kappa shape index (κ1) is 22.1. The van der Waals surface area contributed by atoms with E-state index in [4.69, 9.17) is 4.74 Å². The predicted molar refractivity (Wildman–Crippen MR) is 129 cm³/mol. The summed E-state index contributed by atoms with van der Waals surface area (Å²) in [6, 6.07) is 8.88. The Morgan fingerprint density at radius 1 is 1.06 bits per heavy atom. The van der Waals surface area contributed by atoms with Crippen molar-refractivity contribution in [1.29, 1.82) is 0 Å². The second-order valence-corrected chi connectivity index (χ2v) is 10.2. The number of aromatic nitrogens is 3. The largest absolute Gasteiger partial charge is 0.487 e. The molecule has 0 radical (unpaired) electrons. The number of ether oxygens (including phenoxy) is 1. The number of nitrogens with zero attached hydrogens (tertiary/aromatic N) is 3. The Morgan fingerprint density at radius 2 is 1.82 bits per heavy atom. The second-order valence-electron chi connectivity index (χ2n) is 9.20. The minimum absolute atomic E-state index is 0.0888. The highest BCUT2D eigenvalue weighted by Gasteiger charge is 2.22. The van der Waals surface area contributed by atoms with Crippen molar-refractivity contribution in [2.45, 2.75) is 76.7 Å². The van der Waals surface area contributed by atoms with Crippen molar-refractivity contribution in [3.8, 4) is 5.75 Å². The van der Waals surface area contributed by atoms with E-state index in [2.05, 4.69) is 15.4 Å². The topological polar surface area (TPSA) is 85.6 Å². The number of hydrogen-bond acceptors (Lipinski definition) is 6. The first-order valence-corrected chi connectivity index (χ1v) is 12.9. The molecular formula is C25H30N4O3S. The number of carbonyl (C=O) groups is 1. The van der Waals surface area contributed by atoms with Crippen molar-refractivity contribution >= 4 is 27.9 Å². The van der Waals surface area contributed by atoms with E-state index in [1.54, 1.807) is 0 Å². The molecule has 0 spiro atoms. The summed E-state index contributed by atoms with van der Waals surface area (Å²) < 4.78 is 7.33. The van der Waals surface area contributed by atoms with Gasteiger partial charge in [-0.25, -0.2) is 4.98 Å². The highest BCUT2D eigenvalue weighted by Crippen LogP contribution is 2.34. The summed E-state index contributed by atoms with van der Waals surface area (Å²) in [5, 5.41) is 8.59. The average molecular weight is 467 g/mol. The molecule has 2 aromatic heterocycles. The summed E-state index contributed by atoms with van der Waals surface area (Å²) in [6.07, 6.45) is 11.4. The molecule has 1 N–H and O–H groups in total. The maximum absolute atomic E-state index is 12.6. The molecule has 2 fully saturated rings. The van der Waals surface area contributed by atoms with Crippen molar-refractivity contribution in [1.82, 2.24) is 14.6 Å². The van der Waals surface area contributed by atoms with Gasteiger partial charge in [0.1, 0.15) is 17.4 Å². The minimum atomic E-state index is -0.176. The van der Waals surface area contributed by atoms with Crippen LogP contribution in [0.2, 0.25) is 0 Å². The van der Waals surface area contributed by atoms with Crippen LogP contribution in [-0.4, -0.2) is 20.5 Å². The quantitative estimate of drug-likeness (QED) is 0.533. The number of benzene rings is 1. The highest BCUT2D eigenvalue weighted by atomic mass is 32.1. The van der Waals surface area contributed by atoms with Crippen molar-refractivity contribution in [3.63, 3.8) is 0 Å². The van der Waals surface area contributed by atoms with Crippen molar-refractivity contribution in [2.24, 2.45) is 5.92 Å². The van der Waals surface area contributed by atoms with Crippen molar-refractivity contribution in [2.75, 3.05) is 5.32 Å². The molecule has 33 heavy (non-hydrogen) atoms. The summed E-state index contributed by atoms with van der Waals surface area (Å²) in [4.78, 5) is 30.4. The number of nitrogens with one attached hydrogen (secondary N) is 1. The lowest BCUT2D eigenvalue weighted by molar-refractivity contribution is -0.120. The van der Waals surface area contributed by atoms with Gasteiger partial charge >= 0.3 is 0 Å². The molecule has 0 saturated heterocycles. The monoisotopic (exact) mass is 466 g/mol. The average Bonchev–Trinajstić information content (AvgIpc) is 3.29. The van der Waals surface area contributed by atoms with Crippen LogP contribution < -0.4 is 15.6 Å². The van der Waals surface area contributed by atoms with E-state index in [-0.39, 0.29) is 24.0 Å². The Balaban J connectivity index is 1.25. The normalized spacial score (nSPS) is 17.8. The van der Waals surface area contributed by atoms with Crippen LogP contribution >= 0.6 is 11.3 Å². The fourth-order valence-corrected chi connectivity index (χ4v) is 5.98. The molecule has 0 atom stereocenters. The van der Waals surface area contributed by atoms with E-state index in [0.717, 1.165) is 49.2 Å². The highest BCUT2D eigenvalue weighted by molar-refractivity contribution is 7.16. The maximum Gasteiger partial charge on any atom is 0.275 e. The minimum Gasteiger partial charge on any atom is -0.487 e. The lowest BCUT2D eigenvalue weighted by Crippen LogP contribution is -2.24. The molecule has 2 aliphatic rings. The third-order valence-corrected chi connectivity index (χ3v) is 7.80. The summed E-state index contributed by atoms with van der Waals surface area (Å²) in [7, 11) is 0. The number of anilines is 1. The lowest BCUT2D eigenvalue weighted by Gasteiger charge is -2.20. The van der Waals surface area contributed by atoms with Gasteiger partial charge in [-0.05, 0) is 37.8 Å². The van der Waals surface area contributed by atoms with Gasteiger partial charge in [-0.2, -0.15) is 9.61 Å². The SMILES string of the molecule is O=C(Nc1cccc(OCc2cc(=O)n3nc(C4CCCCC4)sc3n2)c1)C1CCCCC1. The van der Waals surface area contributed by atoms with Gasteiger partial charge in [-0.15, -0.1) is 0 Å².